The molecule has 2 heterocycles. The largest absolute Gasteiger partial charge is 0.340 e. The summed E-state index contributed by atoms with van der Waals surface area (Å²) in [5.41, 5.74) is 2.93. The maximum Gasteiger partial charge on any atom is 0.141 e. The SMILES string of the molecule is Clc1cccc(Nc2ncnc3ccc(-c4ccc(Br)s4)cc23)c1. The molecule has 0 saturated carbocycles. The number of aromatic nitrogens is 2. The minimum atomic E-state index is 0.683. The molecule has 0 unspecified atom stereocenters. The van der Waals surface area contributed by atoms with Crippen molar-refractivity contribution in [2.75, 3.05) is 5.32 Å². The molecule has 24 heavy (non-hydrogen) atoms. The highest BCUT2D eigenvalue weighted by Crippen LogP contribution is 2.34. The van der Waals surface area contributed by atoms with Gasteiger partial charge in [-0.25, -0.2) is 9.97 Å². The summed E-state index contributed by atoms with van der Waals surface area (Å²) in [6.45, 7) is 0. The van der Waals surface area contributed by atoms with Crippen LogP contribution in [0.2, 0.25) is 5.02 Å². The second-order valence-electron chi connectivity index (χ2n) is 5.19. The molecule has 118 valence electrons. The summed E-state index contributed by atoms with van der Waals surface area (Å²) in [4.78, 5) is 9.95. The molecule has 6 heteroatoms. The molecule has 0 atom stereocenters. The highest BCUT2D eigenvalue weighted by atomic mass is 79.9. The number of nitrogens with zero attached hydrogens (tertiary/aromatic N) is 2. The van der Waals surface area contributed by atoms with Crippen molar-refractivity contribution in [1.29, 1.82) is 0 Å². The lowest BCUT2D eigenvalue weighted by atomic mass is 10.1. The van der Waals surface area contributed by atoms with Crippen LogP contribution in [0.4, 0.5) is 11.5 Å². The van der Waals surface area contributed by atoms with E-state index in [0.29, 0.717) is 5.02 Å². The highest BCUT2D eigenvalue weighted by molar-refractivity contribution is 9.11. The summed E-state index contributed by atoms with van der Waals surface area (Å²) in [5, 5.41) is 4.98. The molecule has 3 nitrogen and oxygen atoms in total. The molecule has 0 saturated heterocycles. The number of hydrogen-bond donors (Lipinski definition) is 1. The van der Waals surface area contributed by atoms with Crippen LogP contribution in [-0.4, -0.2) is 9.97 Å². The van der Waals surface area contributed by atoms with Gasteiger partial charge in [0, 0.05) is 21.0 Å². The lowest BCUT2D eigenvalue weighted by Crippen LogP contribution is -1.96. The Hall–Kier alpha value is -1.95. The van der Waals surface area contributed by atoms with Gasteiger partial charge in [0.15, 0.2) is 0 Å². The third-order valence-electron chi connectivity index (χ3n) is 3.58. The van der Waals surface area contributed by atoms with E-state index in [2.05, 4.69) is 55.5 Å². The fourth-order valence-electron chi connectivity index (χ4n) is 2.48. The zero-order chi connectivity index (χ0) is 16.5. The van der Waals surface area contributed by atoms with Crippen molar-refractivity contribution in [2.45, 2.75) is 0 Å². The second-order valence-corrected chi connectivity index (χ2v) is 8.09. The zero-order valence-corrected chi connectivity index (χ0v) is 15.5. The standard InChI is InChI=1S/C18H11BrClN3S/c19-17-7-6-16(24-17)11-4-5-15-14(8-11)18(22-10-21-15)23-13-3-1-2-12(20)9-13/h1-10H,(H,21,22,23). The summed E-state index contributed by atoms with van der Waals surface area (Å²) >= 11 is 11.3. The first-order chi connectivity index (χ1) is 11.7. The summed E-state index contributed by atoms with van der Waals surface area (Å²) in [6.07, 6.45) is 1.57. The quantitative estimate of drug-likeness (QED) is 0.413. The predicted octanol–water partition coefficient (Wildman–Crippen LogP) is 6.52. The van der Waals surface area contributed by atoms with Gasteiger partial charge in [0.05, 0.1) is 9.30 Å². The van der Waals surface area contributed by atoms with E-state index in [-0.39, 0.29) is 0 Å². The molecule has 0 spiro atoms. The zero-order valence-electron chi connectivity index (χ0n) is 12.3. The third-order valence-corrected chi connectivity index (χ3v) is 5.49. The van der Waals surface area contributed by atoms with Crippen molar-refractivity contribution in [3.8, 4) is 10.4 Å². The Morgan fingerprint density at radius 2 is 1.92 bits per heavy atom. The Bertz CT molecular complexity index is 1030. The van der Waals surface area contributed by atoms with Gasteiger partial charge in [0.25, 0.3) is 0 Å². The Kier molecular flexibility index (Phi) is 4.22. The lowest BCUT2D eigenvalue weighted by Gasteiger charge is -2.09. The van der Waals surface area contributed by atoms with Crippen LogP contribution in [0.1, 0.15) is 0 Å². The van der Waals surface area contributed by atoms with E-state index in [0.717, 1.165) is 31.8 Å². The number of benzene rings is 2. The van der Waals surface area contributed by atoms with Gasteiger partial charge in [-0.05, 0) is 64.0 Å². The van der Waals surface area contributed by atoms with Crippen LogP contribution in [0.25, 0.3) is 21.3 Å². The molecule has 0 fully saturated rings. The van der Waals surface area contributed by atoms with Gasteiger partial charge in [0.1, 0.15) is 12.1 Å². The van der Waals surface area contributed by atoms with Gasteiger partial charge in [-0.3, -0.25) is 0 Å². The van der Waals surface area contributed by atoms with Gasteiger partial charge < -0.3 is 5.32 Å². The van der Waals surface area contributed by atoms with Gasteiger partial charge in [-0.1, -0.05) is 23.7 Å². The van der Waals surface area contributed by atoms with Gasteiger partial charge in [-0.2, -0.15) is 0 Å². The molecule has 0 aliphatic rings. The Morgan fingerprint density at radius 1 is 1.00 bits per heavy atom. The summed E-state index contributed by atoms with van der Waals surface area (Å²) < 4.78 is 1.11. The van der Waals surface area contributed by atoms with Crippen molar-refractivity contribution in [3.63, 3.8) is 0 Å². The topological polar surface area (TPSA) is 37.8 Å². The number of halogens is 2. The van der Waals surface area contributed by atoms with Crippen molar-refractivity contribution in [1.82, 2.24) is 9.97 Å². The highest BCUT2D eigenvalue weighted by Gasteiger charge is 2.08. The van der Waals surface area contributed by atoms with Crippen LogP contribution in [0.3, 0.4) is 0 Å². The second kappa shape index (κ2) is 6.51. The van der Waals surface area contributed by atoms with Crippen LogP contribution in [0, 0.1) is 0 Å². The normalized spacial score (nSPS) is 10.9. The molecule has 4 rings (SSSR count). The van der Waals surface area contributed by atoms with Crippen molar-refractivity contribution < 1.29 is 0 Å². The molecule has 0 aliphatic heterocycles. The number of rotatable bonds is 3. The fraction of sp³-hybridized carbons (Fsp3) is 0. The molecule has 0 amide bonds. The number of hydrogen-bond acceptors (Lipinski definition) is 4. The fourth-order valence-corrected chi connectivity index (χ4v) is 4.05. The average Bonchev–Trinajstić information content (AvgIpc) is 3.01. The monoisotopic (exact) mass is 415 g/mol. The summed E-state index contributed by atoms with van der Waals surface area (Å²) in [5.74, 6) is 0.764. The van der Waals surface area contributed by atoms with E-state index in [9.17, 15) is 0 Å². The maximum absolute atomic E-state index is 6.06. The van der Waals surface area contributed by atoms with E-state index in [1.165, 1.54) is 4.88 Å². The molecule has 1 N–H and O–H groups in total. The van der Waals surface area contributed by atoms with Gasteiger partial charge >= 0.3 is 0 Å². The number of anilines is 2. The molecular formula is C18H11BrClN3S. The van der Waals surface area contributed by atoms with Crippen molar-refractivity contribution in [2.24, 2.45) is 0 Å². The minimum absolute atomic E-state index is 0.683. The first-order valence-corrected chi connectivity index (χ1v) is 9.21. The van der Waals surface area contributed by atoms with E-state index in [1.54, 1.807) is 17.7 Å². The molecule has 0 bridgehead atoms. The van der Waals surface area contributed by atoms with Crippen molar-refractivity contribution >= 4 is 61.3 Å². The van der Waals surface area contributed by atoms with Crippen LogP contribution in [-0.2, 0) is 0 Å². The summed E-state index contributed by atoms with van der Waals surface area (Å²) in [7, 11) is 0. The third kappa shape index (κ3) is 3.15. The maximum atomic E-state index is 6.06. The predicted molar refractivity (Wildman–Crippen MR) is 105 cm³/mol. The van der Waals surface area contributed by atoms with Crippen LogP contribution in [0.5, 0.6) is 0 Å². The van der Waals surface area contributed by atoms with Gasteiger partial charge in [0.2, 0.25) is 0 Å². The molecule has 0 aliphatic carbocycles. The number of thiophene rings is 1. The number of fused-ring (bicyclic) bond motifs is 1. The molecule has 0 radical (unpaired) electrons. The summed E-state index contributed by atoms with van der Waals surface area (Å²) in [6, 6.07) is 17.9. The molecule has 4 aromatic rings. The lowest BCUT2D eigenvalue weighted by molar-refractivity contribution is 1.22. The molecule has 2 aromatic heterocycles. The molecule has 2 aromatic carbocycles. The van der Waals surface area contributed by atoms with E-state index in [4.69, 9.17) is 11.6 Å². The first kappa shape index (κ1) is 15.6. The average molecular weight is 417 g/mol. The van der Waals surface area contributed by atoms with Crippen LogP contribution in [0.15, 0.2) is 64.7 Å². The Labute approximate surface area is 156 Å². The van der Waals surface area contributed by atoms with Crippen LogP contribution < -0.4 is 5.32 Å². The van der Waals surface area contributed by atoms with E-state index < -0.39 is 0 Å². The molecular weight excluding hydrogens is 406 g/mol. The Morgan fingerprint density at radius 3 is 2.71 bits per heavy atom. The first-order valence-electron chi connectivity index (χ1n) is 7.22. The van der Waals surface area contributed by atoms with Crippen LogP contribution >= 0.6 is 38.9 Å². The van der Waals surface area contributed by atoms with Gasteiger partial charge in [-0.15, -0.1) is 11.3 Å². The van der Waals surface area contributed by atoms with E-state index in [1.807, 2.05) is 30.3 Å². The smallest absolute Gasteiger partial charge is 0.141 e. The number of nitrogens with one attached hydrogen (secondary N) is 1. The Balaban J connectivity index is 1.80. The van der Waals surface area contributed by atoms with E-state index >= 15 is 0 Å². The van der Waals surface area contributed by atoms with Crippen molar-refractivity contribution in [3.05, 3.63) is 69.7 Å². The minimum Gasteiger partial charge on any atom is -0.340 e.